The van der Waals surface area contributed by atoms with E-state index in [0.717, 1.165) is 18.3 Å². The van der Waals surface area contributed by atoms with Crippen molar-refractivity contribution in [1.29, 1.82) is 0 Å². The van der Waals surface area contributed by atoms with Gasteiger partial charge in [0.2, 0.25) is 0 Å². The number of carbonyl (C=O) groups excluding carboxylic acids is 2. The SMILES string of the molecule is CC=CC(=O)OCCN(CC)c1ccc(N=Nc2cc(C(=O)c3ccccc3)c(O)cc2O)cc1. The number of benzene rings is 3. The van der Waals surface area contributed by atoms with Crippen LogP contribution in [-0.4, -0.2) is 41.7 Å². The van der Waals surface area contributed by atoms with Gasteiger partial charge in [0.25, 0.3) is 0 Å². The third kappa shape index (κ3) is 6.77. The molecule has 0 atom stereocenters. The molecule has 8 heteroatoms. The van der Waals surface area contributed by atoms with Gasteiger partial charge in [-0.2, -0.15) is 5.11 Å². The summed E-state index contributed by atoms with van der Waals surface area (Å²) in [5.74, 6) is -1.39. The van der Waals surface area contributed by atoms with E-state index in [1.807, 2.05) is 19.1 Å². The number of rotatable bonds is 10. The molecule has 8 nitrogen and oxygen atoms in total. The molecule has 0 spiro atoms. The van der Waals surface area contributed by atoms with Crippen molar-refractivity contribution in [2.75, 3.05) is 24.6 Å². The van der Waals surface area contributed by atoms with Gasteiger partial charge in [-0.1, -0.05) is 36.4 Å². The molecule has 3 aromatic rings. The number of hydrogen-bond donors (Lipinski definition) is 2. The number of hydrogen-bond acceptors (Lipinski definition) is 8. The first-order chi connectivity index (χ1) is 16.9. The zero-order valence-corrected chi connectivity index (χ0v) is 19.6. The van der Waals surface area contributed by atoms with Gasteiger partial charge < -0.3 is 19.8 Å². The predicted octanol–water partition coefficient (Wildman–Crippen LogP) is 5.69. The van der Waals surface area contributed by atoms with Crippen LogP contribution in [0.4, 0.5) is 17.1 Å². The highest BCUT2D eigenvalue weighted by atomic mass is 16.5. The van der Waals surface area contributed by atoms with Crippen LogP contribution in [0.2, 0.25) is 0 Å². The summed E-state index contributed by atoms with van der Waals surface area (Å²) in [4.78, 5) is 26.2. The number of allylic oxidation sites excluding steroid dienone is 1. The lowest BCUT2D eigenvalue weighted by Crippen LogP contribution is -2.27. The van der Waals surface area contributed by atoms with Gasteiger partial charge in [-0.05, 0) is 44.2 Å². The van der Waals surface area contributed by atoms with Crippen LogP contribution >= 0.6 is 0 Å². The second kappa shape index (κ2) is 12.1. The summed E-state index contributed by atoms with van der Waals surface area (Å²) in [6.45, 7) is 5.29. The number of phenolic OH excluding ortho intramolecular Hbond substituents is 2. The molecule has 0 amide bonds. The van der Waals surface area contributed by atoms with Gasteiger partial charge >= 0.3 is 5.97 Å². The van der Waals surface area contributed by atoms with Gasteiger partial charge in [-0.3, -0.25) is 4.79 Å². The topological polar surface area (TPSA) is 112 Å². The van der Waals surface area contributed by atoms with Crippen LogP contribution in [0.15, 0.2) is 89.1 Å². The van der Waals surface area contributed by atoms with Crippen molar-refractivity contribution >= 4 is 28.8 Å². The number of likely N-dealkylation sites (N-methyl/N-ethyl adjacent to an activating group) is 1. The maximum atomic E-state index is 12.7. The molecular formula is C27H27N3O5. The lowest BCUT2D eigenvalue weighted by Gasteiger charge is -2.22. The Kier molecular flexibility index (Phi) is 8.72. The van der Waals surface area contributed by atoms with Gasteiger partial charge in [-0.25, -0.2) is 4.79 Å². The Bertz CT molecular complexity index is 1220. The second-order valence-corrected chi connectivity index (χ2v) is 7.52. The third-order valence-corrected chi connectivity index (χ3v) is 5.15. The van der Waals surface area contributed by atoms with Crippen molar-refractivity contribution in [3.8, 4) is 11.5 Å². The molecule has 0 fully saturated rings. The van der Waals surface area contributed by atoms with E-state index in [-0.39, 0.29) is 41.1 Å². The van der Waals surface area contributed by atoms with E-state index in [0.29, 0.717) is 17.8 Å². The fourth-order valence-electron chi connectivity index (χ4n) is 3.32. The summed E-state index contributed by atoms with van der Waals surface area (Å²) >= 11 is 0. The Labute approximate surface area is 203 Å². The Morgan fingerprint density at radius 3 is 2.34 bits per heavy atom. The monoisotopic (exact) mass is 473 g/mol. The smallest absolute Gasteiger partial charge is 0.330 e. The molecule has 0 bridgehead atoms. The number of ether oxygens (including phenoxy) is 1. The normalized spacial score (nSPS) is 11.1. The quantitative estimate of drug-likeness (QED) is 0.169. The van der Waals surface area contributed by atoms with E-state index in [2.05, 4.69) is 15.1 Å². The van der Waals surface area contributed by atoms with Crippen molar-refractivity contribution in [2.24, 2.45) is 10.2 Å². The molecule has 0 aliphatic heterocycles. The van der Waals surface area contributed by atoms with E-state index in [1.54, 1.807) is 55.5 Å². The molecular weight excluding hydrogens is 446 g/mol. The number of nitrogens with zero attached hydrogens (tertiary/aromatic N) is 3. The van der Waals surface area contributed by atoms with Crippen LogP contribution in [0.1, 0.15) is 29.8 Å². The molecule has 0 aliphatic rings. The second-order valence-electron chi connectivity index (χ2n) is 7.52. The van der Waals surface area contributed by atoms with Crippen molar-refractivity contribution in [3.63, 3.8) is 0 Å². The van der Waals surface area contributed by atoms with Gasteiger partial charge in [0.1, 0.15) is 23.8 Å². The van der Waals surface area contributed by atoms with Gasteiger partial charge in [0.15, 0.2) is 5.78 Å². The molecule has 2 N–H and O–H groups in total. The average Bonchev–Trinajstić information content (AvgIpc) is 2.87. The maximum absolute atomic E-state index is 12.7. The predicted molar refractivity (Wildman–Crippen MR) is 134 cm³/mol. The lowest BCUT2D eigenvalue weighted by molar-refractivity contribution is -0.137. The van der Waals surface area contributed by atoms with E-state index in [4.69, 9.17) is 4.74 Å². The maximum Gasteiger partial charge on any atom is 0.330 e. The number of anilines is 1. The van der Waals surface area contributed by atoms with E-state index < -0.39 is 0 Å². The van der Waals surface area contributed by atoms with Crippen molar-refractivity contribution in [1.82, 2.24) is 0 Å². The Hall–Kier alpha value is -4.46. The molecule has 0 aliphatic carbocycles. The molecule has 0 aromatic heterocycles. The minimum absolute atomic E-state index is 0.0204. The summed E-state index contributed by atoms with van der Waals surface area (Å²) in [6.07, 6.45) is 3.01. The molecule has 0 radical (unpaired) electrons. The molecule has 3 aromatic carbocycles. The molecule has 0 unspecified atom stereocenters. The summed E-state index contributed by atoms with van der Waals surface area (Å²) in [7, 11) is 0. The molecule has 180 valence electrons. The van der Waals surface area contributed by atoms with Gasteiger partial charge in [0, 0.05) is 29.9 Å². The van der Waals surface area contributed by atoms with Crippen LogP contribution in [-0.2, 0) is 9.53 Å². The Morgan fingerprint density at radius 1 is 0.971 bits per heavy atom. The first kappa shape index (κ1) is 25.2. The van der Waals surface area contributed by atoms with Crippen molar-refractivity contribution in [2.45, 2.75) is 13.8 Å². The fraction of sp³-hybridized carbons (Fsp3) is 0.185. The molecule has 0 saturated carbocycles. The van der Waals surface area contributed by atoms with Crippen molar-refractivity contribution < 1.29 is 24.5 Å². The highest BCUT2D eigenvalue weighted by Gasteiger charge is 2.17. The number of ketones is 1. The number of carbonyl (C=O) groups is 2. The largest absolute Gasteiger partial charge is 0.507 e. The molecule has 3 rings (SSSR count). The summed E-state index contributed by atoms with van der Waals surface area (Å²) in [6, 6.07) is 18.2. The van der Waals surface area contributed by atoms with E-state index in [9.17, 15) is 19.8 Å². The van der Waals surface area contributed by atoms with Crippen LogP contribution < -0.4 is 4.90 Å². The molecule has 0 saturated heterocycles. The highest BCUT2D eigenvalue weighted by molar-refractivity contribution is 6.11. The molecule has 35 heavy (non-hydrogen) atoms. The van der Waals surface area contributed by atoms with Crippen LogP contribution in [0.3, 0.4) is 0 Å². The number of phenols is 2. The number of azo groups is 1. The van der Waals surface area contributed by atoms with E-state index >= 15 is 0 Å². The summed E-state index contributed by atoms with van der Waals surface area (Å²) in [5.41, 5.74) is 1.95. The third-order valence-electron chi connectivity index (χ3n) is 5.15. The average molecular weight is 474 g/mol. The lowest BCUT2D eigenvalue weighted by atomic mass is 10.0. The fourth-order valence-corrected chi connectivity index (χ4v) is 3.32. The standard InChI is InChI=1S/C27H27N3O5/c1-3-8-26(33)35-16-15-30(4-2)21-13-11-20(12-14-21)28-29-23-17-22(24(31)18-25(23)32)27(34)19-9-6-5-7-10-19/h3,5-14,17-18,31-32H,4,15-16H2,1-2H3. The van der Waals surface area contributed by atoms with Crippen LogP contribution in [0.5, 0.6) is 11.5 Å². The van der Waals surface area contributed by atoms with Crippen molar-refractivity contribution in [3.05, 3.63) is 90.0 Å². The first-order valence-electron chi connectivity index (χ1n) is 11.1. The number of esters is 1. The van der Waals surface area contributed by atoms with Gasteiger partial charge in [-0.15, -0.1) is 5.11 Å². The van der Waals surface area contributed by atoms with Crippen LogP contribution in [0, 0.1) is 0 Å². The highest BCUT2D eigenvalue weighted by Crippen LogP contribution is 2.35. The minimum atomic E-state index is -0.389. The summed E-state index contributed by atoms with van der Waals surface area (Å²) < 4.78 is 5.16. The van der Waals surface area contributed by atoms with E-state index in [1.165, 1.54) is 12.1 Å². The zero-order chi connectivity index (χ0) is 25.2. The zero-order valence-electron chi connectivity index (χ0n) is 19.6. The minimum Gasteiger partial charge on any atom is -0.507 e. The number of aromatic hydroxyl groups is 2. The Morgan fingerprint density at radius 2 is 1.69 bits per heavy atom. The first-order valence-corrected chi connectivity index (χ1v) is 11.1. The van der Waals surface area contributed by atoms with Gasteiger partial charge in [0.05, 0.1) is 17.8 Å². The van der Waals surface area contributed by atoms with Crippen LogP contribution in [0.25, 0.3) is 0 Å². The summed E-state index contributed by atoms with van der Waals surface area (Å²) in [5, 5.41) is 28.6. The Balaban J connectivity index is 1.72. The molecule has 0 heterocycles.